The lowest BCUT2D eigenvalue weighted by Crippen LogP contribution is -2.52. The van der Waals surface area contributed by atoms with E-state index >= 15 is 0 Å². The predicted molar refractivity (Wildman–Crippen MR) is 210 cm³/mol. The predicted octanol–water partition coefficient (Wildman–Crippen LogP) is 6.56. The first-order chi connectivity index (χ1) is 26.5. The van der Waals surface area contributed by atoms with E-state index in [1.165, 1.54) is 16.7 Å². The van der Waals surface area contributed by atoms with Crippen molar-refractivity contribution in [3.05, 3.63) is 113 Å². The summed E-state index contributed by atoms with van der Waals surface area (Å²) in [4.78, 5) is 46.6. The van der Waals surface area contributed by atoms with Crippen LogP contribution >= 0.6 is 11.8 Å². The zero-order valence-corrected chi connectivity index (χ0v) is 31.1. The molecule has 4 aliphatic heterocycles. The van der Waals surface area contributed by atoms with Gasteiger partial charge in [-0.1, -0.05) is 42.5 Å². The smallest absolute Gasteiger partial charge is 0.255 e. The van der Waals surface area contributed by atoms with Crippen molar-refractivity contribution in [1.82, 2.24) is 20.1 Å². The minimum Gasteiger partial charge on any atom is -0.394 e. The Balaban J connectivity index is 0.848. The highest BCUT2D eigenvalue weighted by Crippen LogP contribution is 2.48. The first-order valence-electron chi connectivity index (χ1n) is 19.1. The lowest BCUT2D eigenvalue weighted by molar-refractivity contribution is -0.136. The van der Waals surface area contributed by atoms with Gasteiger partial charge in [-0.05, 0) is 114 Å². The Kier molecular flexibility index (Phi) is 10.8. The van der Waals surface area contributed by atoms with Crippen molar-refractivity contribution in [2.45, 2.75) is 81.1 Å². The molecule has 1 aromatic heterocycles. The number of amides is 3. The van der Waals surface area contributed by atoms with Gasteiger partial charge in [-0.15, -0.1) is 11.8 Å². The topological polar surface area (TPSA) is 115 Å². The molecule has 9 nitrogen and oxygen atoms in total. The van der Waals surface area contributed by atoms with E-state index in [2.05, 4.69) is 93.0 Å². The number of aliphatic hydroxyl groups is 1. The van der Waals surface area contributed by atoms with Crippen LogP contribution in [0.3, 0.4) is 0 Å². The highest BCUT2D eigenvalue weighted by Gasteiger charge is 2.44. The highest BCUT2D eigenvalue weighted by atomic mass is 32.2. The summed E-state index contributed by atoms with van der Waals surface area (Å²) in [5.41, 5.74) is 8.63. The molecule has 1 unspecified atom stereocenters. The van der Waals surface area contributed by atoms with E-state index in [1.54, 1.807) is 16.7 Å². The number of hydrogen-bond acceptors (Lipinski definition) is 8. The van der Waals surface area contributed by atoms with Gasteiger partial charge in [0, 0.05) is 72.0 Å². The van der Waals surface area contributed by atoms with E-state index in [4.69, 9.17) is 0 Å². The van der Waals surface area contributed by atoms with Crippen LogP contribution in [0.25, 0.3) is 11.1 Å². The van der Waals surface area contributed by atoms with Crippen molar-refractivity contribution in [2.75, 3.05) is 24.2 Å². The number of anilines is 1. The molecule has 0 saturated carbocycles. The first-order valence-corrected chi connectivity index (χ1v) is 20.1. The molecular formula is C44H45N5O4S. The van der Waals surface area contributed by atoms with Gasteiger partial charge in [0.15, 0.2) is 0 Å². The second kappa shape index (κ2) is 16.2. The van der Waals surface area contributed by atoms with Crippen LogP contribution in [-0.2, 0) is 22.7 Å². The molecule has 54 heavy (non-hydrogen) atoms. The number of fused-ring (bicyclic) bond motifs is 4. The van der Waals surface area contributed by atoms with Crippen LogP contribution in [-0.4, -0.2) is 68.6 Å². The third kappa shape index (κ3) is 7.54. The summed E-state index contributed by atoms with van der Waals surface area (Å²) in [7, 11) is 0. The maximum atomic E-state index is 13.1. The van der Waals surface area contributed by atoms with Crippen LogP contribution in [0.15, 0.2) is 90.1 Å². The average Bonchev–Trinajstić information content (AvgIpc) is 3.77. The minimum absolute atomic E-state index is 0.0459. The molecule has 0 radical (unpaired) electrons. The Morgan fingerprint density at radius 1 is 0.926 bits per heavy atom. The summed E-state index contributed by atoms with van der Waals surface area (Å²) in [6.07, 6.45) is 9.35. The Morgan fingerprint density at radius 2 is 1.78 bits per heavy atom. The standard InChI is InChI=1S/C44H45N5O4S/c50-28-38-34-19-22-48(26-30-17-20-45-21-18-30)42(34)35-25-32(13-14-37(35)46-38)31-10-6-9-29(24-31)8-4-2-1-3-5-23-54-40-12-7-11-33-36(40)27-49(44(33)53)39-15-16-41(51)47-43(39)52/h6-7,9-14,17-18,20-21,24-25,34,38-39,42,46,50H,1-3,5,15-16,19,22-23,26-28H2,(H,47,51,52)/t34-,38-,39?,42-/m1/s1. The Bertz CT molecular complexity index is 2110. The SMILES string of the molecule is O=C1CCC(N2Cc3c(SCCCCCC#Cc4cccc(-c5ccc6c(c5)[C@H]5[C@H](CCN5Cc5ccncc5)[C@@H](CO)N6)c4)cccc3C2=O)C(=O)N1. The van der Waals surface area contributed by atoms with Crippen LogP contribution < -0.4 is 10.6 Å². The Labute approximate surface area is 320 Å². The molecule has 4 atom stereocenters. The Morgan fingerprint density at radius 3 is 2.63 bits per heavy atom. The van der Waals surface area contributed by atoms with Crippen LogP contribution in [0.4, 0.5) is 5.69 Å². The van der Waals surface area contributed by atoms with Gasteiger partial charge in [-0.25, -0.2) is 0 Å². The molecule has 276 valence electrons. The van der Waals surface area contributed by atoms with Crippen LogP contribution in [0, 0.1) is 17.8 Å². The van der Waals surface area contributed by atoms with Crippen LogP contribution in [0.1, 0.15) is 83.6 Å². The van der Waals surface area contributed by atoms with Gasteiger partial charge in [-0.3, -0.25) is 29.6 Å². The number of pyridine rings is 1. The fraction of sp³-hybridized carbons (Fsp3) is 0.364. The second-order valence-electron chi connectivity index (χ2n) is 14.7. The minimum atomic E-state index is -0.596. The molecule has 0 bridgehead atoms. The number of imide groups is 1. The first kappa shape index (κ1) is 36.0. The van der Waals surface area contributed by atoms with Crippen molar-refractivity contribution in [3.8, 4) is 23.0 Å². The number of nitrogens with one attached hydrogen (secondary N) is 2. The quantitative estimate of drug-likeness (QED) is 0.0686. The molecule has 4 aromatic rings. The van der Waals surface area contributed by atoms with Crippen molar-refractivity contribution in [3.63, 3.8) is 0 Å². The molecule has 3 amide bonds. The van der Waals surface area contributed by atoms with Gasteiger partial charge in [-0.2, -0.15) is 0 Å². The zero-order chi connectivity index (χ0) is 37.0. The van der Waals surface area contributed by atoms with Gasteiger partial charge in [0.25, 0.3) is 5.91 Å². The number of rotatable bonds is 11. The number of aliphatic hydroxyl groups excluding tert-OH is 1. The maximum absolute atomic E-state index is 13.1. The summed E-state index contributed by atoms with van der Waals surface area (Å²) in [5.74, 6) is 7.29. The molecule has 0 aliphatic carbocycles. The lowest BCUT2D eigenvalue weighted by atomic mass is 9.82. The molecule has 0 spiro atoms. The monoisotopic (exact) mass is 739 g/mol. The molecule has 3 aromatic carbocycles. The molecule has 10 heteroatoms. The highest BCUT2D eigenvalue weighted by molar-refractivity contribution is 7.99. The number of thioether (sulfide) groups is 1. The number of nitrogens with zero attached hydrogens (tertiary/aromatic N) is 3. The molecule has 4 aliphatic rings. The van der Waals surface area contributed by atoms with Crippen LogP contribution in [0.2, 0.25) is 0 Å². The number of hydrogen-bond donors (Lipinski definition) is 3. The fourth-order valence-electron chi connectivity index (χ4n) is 8.55. The summed E-state index contributed by atoms with van der Waals surface area (Å²) < 4.78 is 0. The van der Waals surface area contributed by atoms with E-state index in [0.717, 1.165) is 78.2 Å². The number of aromatic nitrogens is 1. The summed E-state index contributed by atoms with van der Waals surface area (Å²) in [6.45, 7) is 2.38. The van der Waals surface area contributed by atoms with E-state index in [9.17, 15) is 19.5 Å². The van der Waals surface area contributed by atoms with Gasteiger partial charge in [0.2, 0.25) is 11.8 Å². The largest absolute Gasteiger partial charge is 0.394 e. The number of carbonyl (C=O) groups excluding carboxylic acids is 3. The third-order valence-corrected chi connectivity index (χ3v) is 12.5. The van der Waals surface area contributed by atoms with Gasteiger partial charge >= 0.3 is 0 Å². The van der Waals surface area contributed by atoms with Gasteiger partial charge < -0.3 is 15.3 Å². The molecule has 3 N–H and O–H groups in total. The fourth-order valence-corrected chi connectivity index (χ4v) is 9.64. The molecule has 5 heterocycles. The summed E-state index contributed by atoms with van der Waals surface area (Å²) in [5, 5.41) is 16.3. The van der Waals surface area contributed by atoms with E-state index in [1.807, 2.05) is 24.5 Å². The molecular weight excluding hydrogens is 695 g/mol. The van der Waals surface area contributed by atoms with Crippen molar-refractivity contribution in [1.29, 1.82) is 0 Å². The van der Waals surface area contributed by atoms with Gasteiger partial charge in [0.1, 0.15) is 6.04 Å². The maximum Gasteiger partial charge on any atom is 0.255 e. The van der Waals surface area contributed by atoms with E-state index < -0.39 is 6.04 Å². The number of benzene rings is 3. The Hall–Kier alpha value is -4.95. The molecule has 2 fully saturated rings. The average molecular weight is 740 g/mol. The van der Waals surface area contributed by atoms with Gasteiger partial charge in [0.05, 0.1) is 12.6 Å². The normalized spacial score (nSPS) is 21.8. The molecule has 2 saturated heterocycles. The summed E-state index contributed by atoms with van der Waals surface area (Å²) in [6, 6.07) is 24.8. The lowest BCUT2D eigenvalue weighted by Gasteiger charge is -2.39. The van der Waals surface area contributed by atoms with Crippen molar-refractivity contribution < 1.29 is 19.5 Å². The second-order valence-corrected chi connectivity index (χ2v) is 15.8. The van der Waals surface area contributed by atoms with Crippen LogP contribution in [0.5, 0.6) is 0 Å². The van der Waals surface area contributed by atoms with Crippen molar-refractivity contribution >= 4 is 35.2 Å². The van der Waals surface area contributed by atoms with Crippen molar-refractivity contribution in [2.24, 2.45) is 5.92 Å². The molecule has 8 rings (SSSR count). The summed E-state index contributed by atoms with van der Waals surface area (Å²) >= 11 is 1.76. The zero-order valence-electron chi connectivity index (χ0n) is 30.3. The van der Waals surface area contributed by atoms with E-state index in [0.29, 0.717) is 24.4 Å². The number of likely N-dealkylation sites (tertiary alicyclic amines) is 1. The number of carbonyl (C=O) groups is 3. The number of unbranched alkanes of at least 4 members (excludes halogenated alkanes) is 3. The third-order valence-electron chi connectivity index (χ3n) is 11.3. The number of piperidine rings is 1. The van der Waals surface area contributed by atoms with E-state index in [-0.39, 0.29) is 42.8 Å².